The number of benzene rings is 2. The second-order valence-corrected chi connectivity index (χ2v) is 7.05. The van der Waals surface area contributed by atoms with Gasteiger partial charge in [-0.15, -0.1) is 0 Å². The predicted octanol–water partition coefficient (Wildman–Crippen LogP) is 4.21. The molecule has 1 amide bonds. The molecule has 0 fully saturated rings. The first-order valence-corrected chi connectivity index (χ1v) is 9.29. The van der Waals surface area contributed by atoms with Crippen LogP contribution in [0, 0.1) is 18.3 Å². The maximum atomic E-state index is 13.2. The van der Waals surface area contributed by atoms with Crippen LogP contribution in [-0.2, 0) is 13.0 Å². The second-order valence-electron chi connectivity index (χ2n) is 7.05. The molecule has 29 heavy (non-hydrogen) atoms. The monoisotopic (exact) mass is 386 g/mol. The smallest absolute Gasteiger partial charge is 0.255 e. The molecule has 1 aliphatic rings. The normalized spacial score (nSPS) is 17.1. The van der Waals surface area contributed by atoms with Gasteiger partial charge in [-0.2, -0.15) is 5.26 Å². The SMILES string of the molecule is [2H]C([2H])([2H])Oc1ccc(CN2C(=O)c3ccccc3C2Cc2c(C)ccnc2C#N)cc1. The average molecular weight is 386 g/mol. The Morgan fingerprint density at radius 1 is 1.21 bits per heavy atom. The average Bonchev–Trinajstić information content (AvgIpc) is 3.01. The largest absolute Gasteiger partial charge is 0.497 e. The van der Waals surface area contributed by atoms with Crippen LogP contribution in [0.5, 0.6) is 5.75 Å². The van der Waals surface area contributed by atoms with E-state index in [0.29, 0.717) is 24.2 Å². The molecule has 5 nitrogen and oxygen atoms in total. The molecule has 0 saturated carbocycles. The number of rotatable bonds is 5. The molecule has 144 valence electrons. The highest BCUT2D eigenvalue weighted by Gasteiger charge is 2.37. The van der Waals surface area contributed by atoms with Gasteiger partial charge in [0.25, 0.3) is 5.91 Å². The van der Waals surface area contributed by atoms with Crippen molar-refractivity contribution in [1.82, 2.24) is 9.88 Å². The molecule has 1 aliphatic heterocycles. The summed E-state index contributed by atoms with van der Waals surface area (Å²) in [7, 11) is -2.51. The zero-order valence-electron chi connectivity index (χ0n) is 18.9. The van der Waals surface area contributed by atoms with Gasteiger partial charge in [0.2, 0.25) is 0 Å². The van der Waals surface area contributed by atoms with Crippen LogP contribution < -0.4 is 4.74 Å². The van der Waals surface area contributed by atoms with Gasteiger partial charge in [0.1, 0.15) is 17.5 Å². The quantitative estimate of drug-likeness (QED) is 0.659. The third-order valence-corrected chi connectivity index (χ3v) is 5.37. The lowest BCUT2D eigenvalue weighted by molar-refractivity contribution is 0.0709. The van der Waals surface area contributed by atoms with Crippen molar-refractivity contribution in [2.75, 3.05) is 7.04 Å². The van der Waals surface area contributed by atoms with Gasteiger partial charge >= 0.3 is 0 Å². The van der Waals surface area contributed by atoms with E-state index >= 15 is 0 Å². The van der Waals surface area contributed by atoms with E-state index < -0.39 is 7.04 Å². The van der Waals surface area contributed by atoms with Gasteiger partial charge < -0.3 is 9.64 Å². The molecule has 0 bridgehead atoms. The van der Waals surface area contributed by atoms with Crippen molar-refractivity contribution in [2.45, 2.75) is 25.9 Å². The van der Waals surface area contributed by atoms with Crippen molar-refractivity contribution >= 4 is 5.91 Å². The predicted molar refractivity (Wildman–Crippen MR) is 109 cm³/mol. The molecular formula is C24H21N3O2. The van der Waals surface area contributed by atoms with E-state index in [4.69, 9.17) is 8.85 Å². The molecule has 0 N–H and O–H groups in total. The number of nitriles is 1. The maximum absolute atomic E-state index is 13.2. The van der Waals surface area contributed by atoms with Crippen molar-refractivity contribution in [3.05, 3.63) is 94.3 Å². The lowest BCUT2D eigenvalue weighted by Crippen LogP contribution is -2.29. The Bertz CT molecular complexity index is 1200. The molecule has 1 aromatic heterocycles. The minimum Gasteiger partial charge on any atom is -0.497 e. The van der Waals surface area contributed by atoms with Crippen molar-refractivity contribution in [2.24, 2.45) is 0 Å². The molecule has 0 radical (unpaired) electrons. The first-order chi connectivity index (χ1) is 15.3. The van der Waals surface area contributed by atoms with Crippen LogP contribution in [0.1, 0.15) is 48.5 Å². The number of hydrogen-bond donors (Lipinski definition) is 0. The van der Waals surface area contributed by atoms with Crippen LogP contribution in [0.25, 0.3) is 0 Å². The standard InChI is InChI=1S/C24H21N3O2/c1-16-11-12-26-22(14-25)21(16)13-23-19-5-3-4-6-20(19)24(28)27(23)15-17-7-9-18(29-2)10-8-17/h3-12,23H,13,15H2,1-2H3/i2D3. The minimum absolute atomic E-state index is 0.0755. The van der Waals surface area contributed by atoms with Gasteiger partial charge in [0, 0.05) is 24.7 Å². The van der Waals surface area contributed by atoms with Crippen molar-refractivity contribution in [3.63, 3.8) is 0 Å². The topological polar surface area (TPSA) is 66.2 Å². The number of nitrogens with zero attached hydrogens (tertiary/aromatic N) is 3. The number of pyridine rings is 1. The molecule has 1 unspecified atom stereocenters. The third kappa shape index (κ3) is 3.45. The first-order valence-electron chi connectivity index (χ1n) is 10.8. The van der Waals surface area contributed by atoms with Crippen LogP contribution in [-0.4, -0.2) is 22.8 Å². The summed E-state index contributed by atoms with van der Waals surface area (Å²) in [6.07, 6.45) is 2.09. The van der Waals surface area contributed by atoms with E-state index in [-0.39, 0.29) is 17.7 Å². The van der Waals surface area contributed by atoms with E-state index in [2.05, 4.69) is 11.1 Å². The summed E-state index contributed by atoms with van der Waals surface area (Å²) < 4.78 is 26.6. The number of methoxy groups -OCH3 is 1. The van der Waals surface area contributed by atoms with E-state index in [1.165, 1.54) is 0 Å². The molecule has 4 rings (SSSR count). The fourth-order valence-electron chi connectivity index (χ4n) is 3.84. The summed E-state index contributed by atoms with van der Waals surface area (Å²) in [5, 5.41) is 9.53. The lowest BCUT2D eigenvalue weighted by Gasteiger charge is -2.26. The van der Waals surface area contributed by atoms with Crippen LogP contribution >= 0.6 is 0 Å². The number of aryl methyl sites for hydroxylation is 1. The minimum atomic E-state index is -2.51. The van der Waals surface area contributed by atoms with Crippen molar-refractivity contribution in [1.29, 1.82) is 5.26 Å². The maximum Gasteiger partial charge on any atom is 0.255 e. The summed E-state index contributed by atoms with van der Waals surface area (Å²) in [4.78, 5) is 19.2. The summed E-state index contributed by atoms with van der Waals surface area (Å²) in [5.41, 5.74) is 4.58. The Balaban J connectivity index is 1.65. The van der Waals surface area contributed by atoms with Crippen molar-refractivity contribution in [3.8, 4) is 11.8 Å². The molecule has 3 aromatic rings. The van der Waals surface area contributed by atoms with Crippen LogP contribution in [0.3, 0.4) is 0 Å². The van der Waals surface area contributed by atoms with Gasteiger partial charge in [-0.05, 0) is 53.4 Å². The van der Waals surface area contributed by atoms with E-state index in [1.807, 2.05) is 37.3 Å². The van der Waals surface area contributed by atoms with E-state index in [0.717, 1.165) is 22.3 Å². The number of ether oxygens (including phenoxy) is 1. The summed E-state index contributed by atoms with van der Waals surface area (Å²) >= 11 is 0. The lowest BCUT2D eigenvalue weighted by atomic mass is 9.94. The van der Waals surface area contributed by atoms with Gasteiger partial charge in [0.05, 0.1) is 17.2 Å². The van der Waals surface area contributed by atoms with Crippen molar-refractivity contribution < 1.29 is 13.6 Å². The van der Waals surface area contributed by atoms with Crippen LogP contribution in [0.4, 0.5) is 0 Å². The Hall–Kier alpha value is -3.65. The molecule has 0 spiro atoms. The Morgan fingerprint density at radius 2 is 2.00 bits per heavy atom. The molecule has 5 heteroatoms. The highest BCUT2D eigenvalue weighted by atomic mass is 16.5. The molecule has 2 aromatic carbocycles. The number of amides is 1. The molecule has 0 saturated heterocycles. The number of carbonyl (C=O) groups excluding carboxylic acids is 1. The number of hydrogen-bond acceptors (Lipinski definition) is 4. The van der Waals surface area contributed by atoms with Gasteiger partial charge in [0.15, 0.2) is 0 Å². The van der Waals surface area contributed by atoms with Gasteiger partial charge in [-0.25, -0.2) is 4.98 Å². The highest BCUT2D eigenvalue weighted by molar-refractivity contribution is 5.99. The number of aromatic nitrogens is 1. The fourth-order valence-corrected chi connectivity index (χ4v) is 3.84. The molecule has 0 aliphatic carbocycles. The van der Waals surface area contributed by atoms with Gasteiger partial charge in [-0.3, -0.25) is 4.79 Å². The molecule has 2 heterocycles. The van der Waals surface area contributed by atoms with Crippen LogP contribution in [0.15, 0.2) is 60.8 Å². The summed E-state index contributed by atoms with van der Waals surface area (Å²) in [5.74, 6) is 0.166. The second kappa shape index (κ2) is 7.76. The first kappa shape index (κ1) is 15.3. The van der Waals surface area contributed by atoms with Crippen LogP contribution in [0.2, 0.25) is 0 Å². The van der Waals surface area contributed by atoms with E-state index in [9.17, 15) is 10.1 Å². The highest BCUT2D eigenvalue weighted by Crippen LogP contribution is 2.38. The summed E-state index contributed by atoms with van der Waals surface area (Å²) in [6.45, 7) is 2.28. The number of fused-ring (bicyclic) bond motifs is 1. The molecular weight excluding hydrogens is 362 g/mol. The third-order valence-electron chi connectivity index (χ3n) is 5.37. The Labute approximate surface area is 174 Å². The molecule has 1 atom stereocenters. The Morgan fingerprint density at radius 3 is 2.76 bits per heavy atom. The summed E-state index contributed by atoms with van der Waals surface area (Å²) in [6, 6.07) is 18.0. The zero-order chi connectivity index (χ0) is 22.9. The Kier molecular flexibility index (Phi) is 4.09. The zero-order valence-corrected chi connectivity index (χ0v) is 15.9. The number of carbonyl (C=O) groups is 1. The fraction of sp³-hybridized carbons (Fsp3) is 0.208. The van der Waals surface area contributed by atoms with Gasteiger partial charge in [-0.1, -0.05) is 30.3 Å². The van der Waals surface area contributed by atoms with E-state index in [1.54, 1.807) is 35.4 Å².